The molecule has 2 saturated heterocycles. The van der Waals surface area contributed by atoms with E-state index in [0.717, 1.165) is 0 Å². The molecule has 4 nitrogen and oxygen atoms in total. The summed E-state index contributed by atoms with van der Waals surface area (Å²) in [5, 5.41) is 1.41. The number of ether oxygens (including phenoxy) is 4. The Morgan fingerprint density at radius 1 is 0.800 bits per heavy atom. The first kappa shape index (κ1) is 12.3. The number of hydrogen-bond donors (Lipinski definition) is 0. The summed E-state index contributed by atoms with van der Waals surface area (Å²) in [5.74, 6) is 0. The molecule has 2 rings (SSSR count). The Kier molecular flexibility index (Phi) is 4.43. The first-order chi connectivity index (χ1) is 7.28. The Morgan fingerprint density at radius 2 is 1.13 bits per heavy atom. The molecule has 0 saturated carbocycles. The van der Waals surface area contributed by atoms with Crippen LogP contribution in [0, 0.1) is 5.41 Å². The fraction of sp³-hybridized carbons (Fsp3) is 1.00. The lowest BCUT2D eigenvalue weighted by atomic mass is 9.91. The number of alkyl halides is 2. The maximum atomic E-state index is 5.55. The molecule has 0 aliphatic carbocycles. The van der Waals surface area contributed by atoms with Crippen LogP contribution in [0.2, 0.25) is 0 Å². The van der Waals surface area contributed by atoms with Gasteiger partial charge < -0.3 is 18.9 Å². The Labute approximate surface area is 106 Å². The topological polar surface area (TPSA) is 36.9 Å². The normalized spacial score (nSPS) is 42.0. The van der Waals surface area contributed by atoms with Crippen LogP contribution in [0.4, 0.5) is 0 Å². The van der Waals surface area contributed by atoms with Crippen LogP contribution in [-0.4, -0.2) is 49.7 Å². The van der Waals surface area contributed by atoms with E-state index in [1.807, 2.05) is 0 Å². The second kappa shape index (κ2) is 5.42. The van der Waals surface area contributed by atoms with Gasteiger partial charge in [0.15, 0.2) is 12.6 Å². The lowest BCUT2D eigenvalue weighted by Gasteiger charge is -2.43. The third-order valence-corrected chi connectivity index (χ3v) is 3.61. The van der Waals surface area contributed by atoms with E-state index >= 15 is 0 Å². The lowest BCUT2D eigenvalue weighted by Crippen LogP contribution is -2.52. The molecule has 15 heavy (non-hydrogen) atoms. The molecule has 0 aromatic carbocycles. The SMILES string of the molecule is BrCC1OCC2(CO1)COC(CBr)OC2. The van der Waals surface area contributed by atoms with Gasteiger partial charge in [-0.3, -0.25) is 0 Å². The first-order valence-electron chi connectivity index (χ1n) is 4.86. The molecule has 0 bridgehead atoms. The zero-order chi connectivity index (χ0) is 10.7. The molecule has 0 amide bonds. The molecule has 0 N–H and O–H groups in total. The minimum Gasteiger partial charge on any atom is -0.351 e. The van der Waals surface area contributed by atoms with Gasteiger partial charge in [0.05, 0.1) is 42.5 Å². The van der Waals surface area contributed by atoms with Crippen molar-refractivity contribution < 1.29 is 18.9 Å². The molecule has 6 heteroatoms. The zero-order valence-electron chi connectivity index (χ0n) is 8.29. The molecule has 1 spiro atoms. The minimum atomic E-state index is -0.135. The van der Waals surface area contributed by atoms with Crippen LogP contribution in [0.25, 0.3) is 0 Å². The van der Waals surface area contributed by atoms with Gasteiger partial charge in [-0.05, 0) is 0 Å². The molecule has 2 heterocycles. The molecule has 0 atom stereocenters. The predicted octanol–water partition coefficient (Wildman–Crippen LogP) is 1.51. The van der Waals surface area contributed by atoms with E-state index in [1.54, 1.807) is 0 Å². The number of hydrogen-bond acceptors (Lipinski definition) is 4. The lowest BCUT2D eigenvalue weighted by molar-refractivity contribution is -0.292. The van der Waals surface area contributed by atoms with Crippen molar-refractivity contribution in [2.45, 2.75) is 12.6 Å². The van der Waals surface area contributed by atoms with Crippen molar-refractivity contribution in [3.63, 3.8) is 0 Å². The summed E-state index contributed by atoms with van der Waals surface area (Å²) in [5.41, 5.74) is -0.114. The average molecular weight is 346 g/mol. The van der Waals surface area contributed by atoms with Gasteiger partial charge in [0.2, 0.25) is 0 Å². The Balaban J connectivity index is 1.83. The van der Waals surface area contributed by atoms with Gasteiger partial charge in [0, 0.05) is 0 Å². The average Bonchev–Trinajstić information content (AvgIpc) is 2.31. The highest BCUT2D eigenvalue weighted by Gasteiger charge is 2.41. The Bertz CT molecular complexity index is 173. The minimum absolute atomic E-state index is 0.114. The van der Waals surface area contributed by atoms with Gasteiger partial charge in [-0.2, -0.15) is 0 Å². The van der Waals surface area contributed by atoms with Crippen LogP contribution >= 0.6 is 31.9 Å². The highest BCUT2D eigenvalue weighted by Crippen LogP contribution is 2.30. The monoisotopic (exact) mass is 344 g/mol. The molecule has 0 radical (unpaired) electrons. The molecule has 2 aliphatic heterocycles. The molecule has 0 unspecified atom stereocenters. The summed E-state index contributed by atoms with van der Waals surface area (Å²) in [7, 11) is 0. The molecular weight excluding hydrogens is 332 g/mol. The van der Waals surface area contributed by atoms with Crippen LogP contribution in [0.3, 0.4) is 0 Å². The van der Waals surface area contributed by atoms with E-state index < -0.39 is 0 Å². The smallest absolute Gasteiger partial charge is 0.167 e. The van der Waals surface area contributed by atoms with Gasteiger partial charge in [0.1, 0.15) is 0 Å². The predicted molar refractivity (Wildman–Crippen MR) is 61.4 cm³/mol. The third kappa shape index (κ3) is 2.92. The molecule has 0 aromatic heterocycles. The van der Waals surface area contributed by atoms with Gasteiger partial charge in [-0.25, -0.2) is 0 Å². The highest BCUT2D eigenvalue weighted by atomic mass is 79.9. The Morgan fingerprint density at radius 3 is 1.40 bits per heavy atom. The summed E-state index contributed by atoms with van der Waals surface area (Å²) >= 11 is 6.65. The Hall–Kier alpha value is 0.800. The van der Waals surface area contributed by atoms with Crippen molar-refractivity contribution in [3.05, 3.63) is 0 Å². The van der Waals surface area contributed by atoms with Gasteiger partial charge in [-0.15, -0.1) is 0 Å². The maximum absolute atomic E-state index is 5.55. The quantitative estimate of drug-likeness (QED) is 0.711. The van der Waals surface area contributed by atoms with Crippen molar-refractivity contribution in [1.29, 1.82) is 0 Å². The first-order valence-corrected chi connectivity index (χ1v) is 7.11. The van der Waals surface area contributed by atoms with Crippen molar-refractivity contribution in [3.8, 4) is 0 Å². The van der Waals surface area contributed by atoms with Crippen LogP contribution in [0.5, 0.6) is 0 Å². The second-order valence-corrected chi connectivity index (χ2v) is 5.21. The molecular formula is C9H14Br2O4. The van der Waals surface area contributed by atoms with Crippen molar-refractivity contribution >= 4 is 31.9 Å². The third-order valence-electron chi connectivity index (χ3n) is 2.55. The summed E-state index contributed by atoms with van der Waals surface area (Å²) in [6.45, 7) is 2.55. The number of rotatable bonds is 2. The summed E-state index contributed by atoms with van der Waals surface area (Å²) in [4.78, 5) is 0. The van der Waals surface area contributed by atoms with Gasteiger partial charge >= 0.3 is 0 Å². The van der Waals surface area contributed by atoms with Crippen LogP contribution < -0.4 is 0 Å². The molecule has 0 aromatic rings. The van der Waals surface area contributed by atoms with E-state index in [2.05, 4.69) is 31.9 Å². The zero-order valence-corrected chi connectivity index (χ0v) is 11.5. The fourth-order valence-electron chi connectivity index (χ4n) is 1.60. The second-order valence-electron chi connectivity index (χ2n) is 3.91. The summed E-state index contributed by atoms with van der Waals surface area (Å²) < 4.78 is 22.2. The van der Waals surface area contributed by atoms with E-state index in [0.29, 0.717) is 37.1 Å². The van der Waals surface area contributed by atoms with E-state index in [1.165, 1.54) is 0 Å². The number of halogens is 2. The fourth-order valence-corrected chi connectivity index (χ4v) is 2.35. The van der Waals surface area contributed by atoms with Crippen LogP contribution in [0.15, 0.2) is 0 Å². The summed E-state index contributed by atoms with van der Waals surface area (Å²) in [6.07, 6.45) is -0.269. The van der Waals surface area contributed by atoms with E-state index in [9.17, 15) is 0 Å². The molecule has 2 fully saturated rings. The van der Waals surface area contributed by atoms with E-state index in [4.69, 9.17) is 18.9 Å². The van der Waals surface area contributed by atoms with Crippen molar-refractivity contribution in [2.75, 3.05) is 37.1 Å². The molecule has 2 aliphatic rings. The van der Waals surface area contributed by atoms with Gasteiger partial charge in [0.25, 0.3) is 0 Å². The standard InChI is InChI=1S/C9H14Br2O4/c10-1-7-12-3-9(4-13-7)5-14-8(2-11)15-6-9/h7-8H,1-6H2. The van der Waals surface area contributed by atoms with Crippen LogP contribution in [0.1, 0.15) is 0 Å². The van der Waals surface area contributed by atoms with E-state index in [-0.39, 0.29) is 18.0 Å². The van der Waals surface area contributed by atoms with Crippen molar-refractivity contribution in [2.24, 2.45) is 5.41 Å². The van der Waals surface area contributed by atoms with Gasteiger partial charge in [-0.1, -0.05) is 31.9 Å². The maximum Gasteiger partial charge on any atom is 0.167 e. The largest absolute Gasteiger partial charge is 0.351 e. The van der Waals surface area contributed by atoms with Crippen LogP contribution in [-0.2, 0) is 18.9 Å². The van der Waals surface area contributed by atoms with Crippen molar-refractivity contribution in [1.82, 2.24) is 0 Å². The molecule has 88 valence electrons. The summed E-state index contributed by atoms with van der Waals surface area (Å²) in [6, 6.07) is 0. The highest BCUT2D eigenvalue weighted by molar-refractivity contribution is 9.09.